The van der Waals surface area contributed by atoms with Crippen molar-refractivity contribution in [1.82, 2.24) is 5.43 Å². The molecular formula is C17H12Cl2F2N2. The number of nitrogens with one attached hydrogen (secondary N) is 1. The average molecular weight is 353 g/mol. The molecule has 0 amide bonds. The topological polar surface area (TPSA) is 15.3 Å². The SMILES string of the molecule is CC1=C(c2ccc(Cl)cc2)C=C(Cl)NN1c1c(F)cccc1F. The Morgan fingerprint density at radius 1 is 0.957 bits per heavy atom. The van der Waals surface area contributed by atoms with E-state index in [0.717, 1.165) is 11.1 Å². The van der Waals surface area contributed by atoms with E-state index in [1.165, 1.54) is 23.2 Å². The molecule has 0 fully saturated rings. The van der Waals surface area contributed by atoms with Gasteiger partial charge in [-0.25, -0.2) is 8.78 Å². The molecule has 1 N–H and O–H groups in total. The standard InChI is InChI=1S/C17H12Cl2F2N2/c1-10-13(11-5-7-12(18)8-6-11)9-16(19)22-23(10)17-14(20)3-2-4-15(17)21/h2-9,22H,1H3. The van der Waals surface area contributed by atoms with Gasteiger partial charge in [0.1, 0.15) is 10.8 Å². The van der Waals surface area contributed by atoms with Gasteiger partial charge in [0, 0.05) is 16.3 Å². The van der Waals surface area contributed by atoms with Gasteiger partial charge in [-0.1, -0.05) is 41.4 Å². The fourth-order valence-electron chi connectivity index (χ4n) is 2.42. The van der Waals surface area contributed by atoms with Crippen LogP contribution in [0.25, 0.3) is 5.57 Å². The molecule has 0 bridgehead atoms. The molecule has 2 nitrogen and oxygen atoms in total. The van der Waals surface area contributed by atoms with Crippen LogP contribution < -0.4 is 10.4 Å². The second-order valence-electron chi connectivity index (χ2n) is 5.02. The van der Waals surface area contributed by atoms with E-state index < -0.39 is 11.6 Å². The maximum Gasteiger partial charge on any atom is 0.151 e. The molecule has 0 saturated heterocycles. The number of nitrogens with zero attached hydrogens (tertiary/aromatic N) is 1. The number of hydrogen-bond donors (Lipinski definition) is 1. The fraction of sp³-hybridized carbons (Fsp3) is 0.0588. The summed E-state index contributed by atoms with van der Waals surface area (Å²) in [6.45, 7) is 1.75. The van der Waals surface area contributed by atoms with Crippen molar-refractivity contribution >= 4 is 34.5 Å². The molecule has 2 aromatic carbocycles. The van der Waals surface area contributed by atoms with Gasteiger partial charge in [0.15, 0.2) is 11.6 Å². The molecule has 0 radical (unpaired) electrons. The third kappa shape index (κ3) is 3.05. The van der Waals surface area contributed by atoms with Crippen molar-refractivity contribution in [3.63, 3.8) is 0 Å². The quantitative estimate of drug-likeness (QED) is 0.722. The predicted molar refractivity (Wildman–Crippen MR) is 90.0 cm³/mol. The van der Waals surface area contributed by atoms with E-state index in [0.29, 0.717) is 10.7 Å². The highest BCUT2D eigenvalue weighted by Crippen LogP contribution is 2.33. The number of para-hydroxylation sites is 1. The number of anilines is 1. The van der Waals surface area contributed by atoms with Gasteiger partial charge in [-0.2, -0.15) is 0 Å². The van der Waals surface area contributed by atoms with Crippen LogP contribution in [0.4, 0.5) is 14.5 Å². The van der Waals surface area contributed by atoms with E-state index in [-0.39, 0.29) is 10.8 Å². The van der Waals surface area contributed by atoms with Gasteiger partial charge in [-0.3, -0.25) is 10.4 Å². The molecule has 118 valence electrons. The summed E-state index contributed by atoms with van der Waals surface area (Å²) in [5.74, 6) is -1.36. The van der Waals surface area contributed by atoms with Crippen LogP contribution in [-0.4, -0.2) is 0 Å². The minimum absolute atomic E-state index is 0.206. The van der Waals surface area contributed by atoms with Gasteiger partial charge in [-0.15, -0.1) is 0 Å². The smallest absolute Gasteiger partial charge is 0.151 e. The monoisotopic (exact) mass is 352 g/mol. The summed E-state index contributed by atoms with van der Waals surface area (Å²) in [6.07, 6.45) is 1.70. The van der Waals surface area contributed by atoms with Crippen LogP contribution in [0.3, 0.4) is 0 Å². The molecule has 1 heterocycles. The van der Waals surface area contributed by atoms with Gasteiger partial charge in [0.25, 0.3) is 0 Å². The molecule has 0 aliphatic carbocycles. The molecule has 0 saturated carbocycles. The zero-order chi connectivity index (χ0) is 16.6. The van der Waals surface area contributed by atoms with E-state index in [9.17, 15) is 8.78 Å². The van der Waals surface area contributed by atoms with E-state index in [1.54, 1.807) is 25.1 Å². The molecule has 0 aromatic heterocycles. The first-order valence-electron chi connectivity index (χ1n) is 6.82. The maximum atomic E-state index is 14.1. The first-order valence-corrected chi connectivity index (χ1v) is 7.58. The van der Waals surface area contributed by atoms with Crippen LogP contribution in [0, 0.1) is 11.6 Å². The van der Waals surface area contributed by atoms with Crippen LogP contribution in [0.2, 0.25) is 5.02 Å². The highest BCUT2D eigenvalue weighted by Gasteiger charge is 2.24. The number of allylic oxidation sites excluding steroid dienone is 3. The number of rotatable bonds is 2. The Hall–Kier alpha value is -2.04. The number of halogens is 4. The van der Waals surface area contributed by atoms with Gasteiger partial charge < -0.3 is 0 Å². The van der Waals surface area contributed by atoms with E-state index in [4.69, 9.17) is 23.2 Å². The summed E-state index contributed by atoms with van der Waals surface area (Å²) < 4.78 is 28.2. The van der Waals surface area contributed by atoms with E-state index in [1.807, 2.05) is 12.1 Å². The van der Waals surface area contributed by atoms with Crippen molar-refractivity contribution in [3.05, 3.63) is 81.6 Å². The molecule has 3 rings (SSSR count). The van der Waals surface area contributed by atoms with Crippen LogP contribution in [0.5, 0.6) is 0 Å². The first kappa shape index (κ1) is 15.8. The first-order chi connectivity index (χ1) is 11.0. The van der Waals surface area contributed by atoms with Gasteiger partial charge in [0.2, 0.25) is 0 Å². The summed E-state index contributed by atoms with van der Waals surface area (Å²) in [4.78, 5) is 0. The second kappa shape index (κ2) is 6.22. The Labute approximate surface area is 142 Å². The highest BCUT2D eigenvalue weighted by molar-refractivity contribution is 6.31. The lowest BCUT2D eigenvalue weighted by atomic mass is 10.0. The van der Waals surface area contributed by atoms with Gasteiger partial charge >= 0.3 is 0 Å². The summed E-state index contributed by atoms with van der Waals surface area (Å²) in [5, 5.41) is 2.16. The predicted octanol–water partition coefficient (Wildman–Crippen LogP) is 5.45. The fourth-order valence-corrected chi connectivity index (χ4v) is 2.74. The number of benzene rings is 2. The second-order valence-corrected chi connectivity index (χ2v) is 5.86. The van der Waals surface area contributed by atoms with Crippen molar-refractivity contribution in [3.8, 4) is 0 Å². The zero-order valence-corrected chi connectivity index (χ0v) is 13.6. The number of hydrogen-bond acceptors (Lipinski definition) is 2. The molecule has 0 unspecified atom stereocenters. The summed E-state index contributed by atoms with van der Waals surface area (Å²) in [7, 11) is 0. The minimum atomic E-state index is -0.682. The number of hydrazine groups is 1. The Morgan fingerprint density at radius 2 is 1.57 bits per heavy atom. The lowest BCUT2D eigenvalue weighted by molar-refractivity contribution is 0.570. The average Bonchev–Trinajstić information content (AvgIpc) is 2.51. The van der Waals surface area contributed by atoms with E-state index in [2.05, 4.69) is 5.43 Å². The third-order valence-electron chi connectivity index (χ3n) is 3.53. The Balaban J connectivity index is 2.13. The molecular weight excluding hydrogens is 341 g/mol. The Bertz CT molecular complexity index is 794. The summed E-state index contributed by atoms with van der Waals surface area (Å²) in [5.41, 5.74) is 4.76. The zero-order valence-electron chi connectivity index (χ0n) is 12.1. The third-order valence-corrected chi connectivity index (χ3v) is 3.98. The van der Waals surface area contributed by atoms with Crippen molar-refractivity contribution in [2.75, 3.05) is 5.01 Å². The van der Waals surface area contributed by atoms with Crippen LogP contribution in [0.1, 0.15) is 12.5 Å². The normalized spacial score (nSPS) is 14.7. The van der Waals surface area contributed by atoms with Gasteiger partial charge in [-0.05, 0) is 42.8 Å². The molecule has 1 aliphatic rings. The minimum Gasteiger partial charge on any atom is -0.283 e. The van der Waals surface area contributed by atoms with Gasteiger partial charge in [0.05, 0.1) is 0 Å². The van der Waals surface area contributed by atoms with Crippen LogP contribution in [0.15, 0.2) is 59.4 Å². The Morgan fingerprint density at radius 3 is 2.17 bits per heavy atom. The van der Waals surface area contributed by atoms with Crippen molar-refractivity contribution < 1.29 is 8.78 Å². The van der Waals surface area contributed by atoms with Crippen molar-refractivity contribution in [2.45, 2.75) is 6.92 Å². The molecule has 0 atom stereocenters. The van der Waals surface area contributed by atoms with Crippen molar-refractivity contribution in [1.29, 1.82) is 0 Å². The highest BCUT2D eigenvalue weighted by atomic mass is 35.5. The van der Waals surface area contributed by atoms with Crippen molar-refractivity contribution in [2.24, 2.45) is 0 Å². The maximum absolute atomic E-state index is 14.1. The molecule has 1 aliphatic heterocycles. The molecule has 0 spiro atoms. The molecule has 23 heavy (non-hydrogen) atoms. The van der Waals surface area contributed by atoms with Crippen LogP contribution in [-0.2, 0) is 0 Å². The lowest BCUT2D eigenvalue weighted by Crippen LogP contribution is -2.38. The molecule has 6 heteroatoms. The molecule has 2 aromatic rings. The lowest BCUT2D eigenvalue weighted by Gasteiger charge is -2.32. The Kier molecular flexibility index (Phi) is 4.28. The largest absolute Gasteiger partial charge is 0.283 e. The van der Waals surface area contributed by atoms with E-state index >= 15 is 0 Å². The summed E-state index contributed by atoms with van der Waals surface area (Å²) >= 11 is 12.0. The van der Waals surface area contributed by atoms with Crippen LogP contribution >= 0.6 is 23.2 Å². The summed E-state index contributed by atoms with van der Waals surface area (Å²) in [6, 6.07) is 10.8.